The van der Waals surface area contributed by atoms with Crippen molar-refractivity contribution < 1.29 is 14.3 Å². The van der Waals surface area contributed by atoms with Gasteiger partial charge in [0.15, 0.2) is 5.78 Å². The van der Waals surface area contributed by atoms with Crippen molar-refractivity contribution in [3.8, 4) is 11.5 Å². The zero-order valence-electron chi connectivity index (χ0n) is 17.1. The second kappa shape index (κ2) is 8.17. The number of aromatic amines is 1. The number of nitrogens with zero attached hydrogens (tertiary/aromatic N) is 2. The van der Waals surface area contributed by atoms with Crippen LogP contribution in [0.1, 0.15) is 17.3 Å². The SMILES string of the molecule is COc1ccc(N2CCN(CC(=O)c3c[nH]c4ccc(OC)cc34)C[C@H]2C)cc1. The van der Waals surface area contributed by atoms with Gasteiger partial charge in [-0.2, -0.15) is 0 Å². The molecule has 1 atom stereocenters. The van der Waals surface area contributed by atoms with Gasteiger partial charge in [-0.1, -0.05) is 0 Å². The van der Waals surface area contributed by atoms with E-state index in [1.165, 1.54) is 5.69 Å². The van der Waals surface area contributed by atoms with Gasteiger partial charge in [-0.3, -0.25) is 9.69 Å². The number of carbonyl (C=O) groups is 1. The molecule has 29 heavy (non-hydrogen) atoms. The van der Waals surface area contributed by atoms with Crippen LogP contribution in [0.5, 0.6) is 11.5 Å². The van der Waals surface area contributed by atoms with Gasteiger partial charge >= 0.3 is 0 Å². The molecule has 0 amide bonds. The lowest BCUT2D eigenvalue weighted by Gasteiger charge is -2.41. The van der Waals surface area contributed by atoms with Gasteiger partial charge < -0.3 is 19.4 Å². The van der Waals surface area contributed by atoms with Crippen molar-refractivity contribution in [3.63, 3.8) is 0 Å². The van der Waals surface area contributed by atoms with Crippen LogP contribution in [0.3, 0.4) is 0 Å². The monoisotopic (exact) mass is 393 g/mol. The number of rotatable bonds is 6. The first-order valence-electron chi connectivity index (χ1n) is 9.90. The summed E-state index contributed by atoms with van der Waals surface area (Å²) in [6.45, 7) is 5.22. The van der Waals surface area contributed by atoms with Gasteiger partial charge in [0.1, 0.15) is 11.5 Å². The number of H-pyrrole nitrogens is 1. The van der Waals surface area contributed by atoms with Gasteiger partial charge in [-0.15, -0.1) is 0 Å². The van der Waals surface area contributed by atoms with Gasteiger partial charge in [0.2, 0.25) is 0 Å². The zero-order chi connectivity index (χ0) is 20.4. The molecule has 1 N–H and O–H groups in total. The number of ether oxygens (including phenoxy) is 2. The lowest BCUT2D eigenvalue weighted by Crippen LogP contribution is -2.53. The van der Waals surface area contributed by atoms with Crippen molar-refractivity contribution in [1.82, 2.24) is 9.88 Å². The average Bonchev–Trinajstić information content (AvgIpc) is 3.17. The van der Waals surface area contributed by atoms with E-state index >= 15 is 0 Å². The Bertz CT molecular complexity index is 996. The van der Waals surface area contributed by atoms with Gasteiger partial charge in [-0.05, 0) is 49.4 Å². The molecule has 1 aliphatic rings. The average molecular weight is 393 g/mol. The Morgan fingerprint density at radius 1 is 1.07 bits per heavy atom. The molecular formula is C23H27N3O3. The summed E-state index contributed by atoms with van der Waals surface area (Å²) >= 11 is 0. The molecular weight excluding hydrogens is 366 g/mol. The van der Waals surface area contributed by atoms with Crippen molar-refractivity contribution in [1.29, 1.82) is 0 Å². The number of nitrogens with one attached hydrogen (secondary N) is 1. The Labute approximate surface area is 171 Å². The van der Waals surface area contributed by atoms with E-state index in [9.17, 15) is 4.79 Å². The predicted molar refractivity (Wildman–Crippen MR) is 115 cm³/mol. The van der Waals surface area contributed by atoms with Crippen LogP contribution in [-0.2, 0) is 0 Å². The van der Waals surface area contributed by atoms with E-state index in [0.717, 1.165) is 47.6 Å². The van der Waals surface area contributed by atoms with Crippen LogP contribution in [0, 0.1) is 0 Å². The minimum absolute atomic E-state index is 0.134. The van der Waals surface area contributed by atoms with Crippen LogP contribution >= 0.6 is 0 Å². The number of aromatic nitrogens is 1. The first kappa shape index (κ1) is 19.3. The highest BCUT2D eigenvalue weighted by Crippen LogP contribution is 2.26. The summed E-state index contributed by atoms with van der Waals surface area (Å²) < 4.78 is 10.6. The maximum atomic E-state index is 13.0. The van der Waals surface area contributed by atoms with E-state index in [2.05, 4.69) is 33.8 Å². The third kappa shape index (κ3) is 3.93. The third-order valence-corrected chi connectivity index (χ3v) is 5.67. The number of fused-ring (bicyclic) bond motifs is 1. The van der Waals surface area contributed by atoms with Crippen LogP contribution in [0.15, 0.2) is 48.7 Å². The Morgan fingerprint density at radius 2 is 1.79 bits per heavy atom. The number of benzene rings is 2. The topological polar surface area (TPSA) is 57.8 Å². The minimum atomic E-state index is 0.134. The summed E-state index contributed by atoms with van der Waals surface area (Å²) in [6, 6.07) is 14.3. The Kier molecular flexibility index (Phi) is 5.45. The highest BCUT2D eigenvalue weighted by Gasteiger charge is 2.26. The molecule has 2 heterocycles. The molecule has 0 unspecified atom stereocenters. The van der Waals surface area contributed by atoms with Gasteiger partial charge in [0, 0.05) is 54.0 Å². The Balaban J connectivity index is 1.42. The van der Waals surface area contributed by atoms with Crippen LogP contribution in [0.25, 0.3) is 10.9 Å². The fourth-order valence-electron chi connectivity index (χ4n) is 4.08. The summed E-state index contributed by atoms with van der Waals surface area (Å²) in [5, 5.41) is 0.916. The lowest BCUT2D eigenvalue weighted by atomic mass is 10.1. The van der Waals surface area contributed by atoms with Crippen LogP contribution in [-0.4, -0.2) is 62.1 Å². The number of anilines is 1. The molecule has 0 radical (unpaired) electrons. The zero-order valence-corrected chi connectivity index (χ0v) is 17.1. The molecule has 6 nitrogen and oxygen atoms in total. The summed E-state index contributed by atoms with van der Waals surface area (Å²) in [5.41, 5.74) is 2.86. The molecule has 1 aromatic heterocycles. The van der Waals surface area contributed by atoms with Crippen LogP contribution < -0.4 is 14.4 Å². The van der Waals surface area contributed by atoms with Crippen molar-refractivity contribution in [2.24, 2.45) is 0 Å². The standard InChI is InChI=1S/C23H27N3O3/c1-16-14-25(10-11-26(16)17-4-6-18(28-2)7-5-17)15-23(27)21-13-24-22-9-8-19(29-3)12-20(21)22/h4-9,12-13,16,24H,10-11,14-15H2,1-3H3/t16-/m1/s1. The minimum Gasteiger partial charge on any atom is -0.497 e. The van der Waals surface area contributed by atoms with Crippen molar-refractivity contribution in [2.75, 3.05) is 45.3 Å². The smallest absolute Gasteiger partial charge is 0.178 e. The van der Waals surface area contributed by atoms with Crippen LogP contribution in [0.2, 0.25) is 0 Å². The van der Waals surface area contributed by atoms with E-state index in [0.29, 0.717) is 12.6 Å². The number of carbonyl (C=O) groups excluding carboxylic acids is 1. The van der Waals surface area contributed by atoms with Crippen molar-refractivity contribution >= 4 is 22.4 Å². The van der Waals surface area contributed by atoms with Gasteiger partial charge in [0.05, 0.1) is 20.8 Å². The quantitative estimate of drug-likeness (QED) is 0.649. The molecule has 152 valence electrons. The van der Waals surface area contributed by atoms with E-state index in [-0.39, 0.29) is 5.78 Å². The second-order valence-electron chi connectivity index (χ2n) is 7.51. The van der Waals surface area contributed by atoms with Crippen molar-refractivity contribution in [3.05, 3.63) is 54.2 Å². The Morgan fingerprint density at radius 3 is 2.48 bits per heavy atom. The lowest BCUT2D eigenvalue weighted by molar-refractivity contribution is 0.0919. The predicted octanol–water partition coefficient (Wildman–Crippen LogP) is 3.58. The maximum Gasteiger partial charge on any atom is 0.178 e. The summed E-state index contributed by atoms with van der Waals surface area (Å²) in [5.74, 6) is 1.75. The summed E-state index contributed by atoms with van der Waals surface area (Å²) in [4.78, 5) is 20.8. The van der Waals surface area contributed by atoms with E-state index < -0.39 is 0 Å². The molecule has 1 fully saturated rings. The van der Waals surface area contributed by atoms with Crippen LogP contribution in [0.4, 0.5) is 5.69 Å². The molecule has 6 heteroatoms. The maximum absolute atomic E-state index is 13.0. The molecule has 0 saturated carbocycles. The van der Waals surface area contributed by atoms with Gasteiger partial charge in [0.25, 0.3) is 0 Å². The fourth-order valence-corrected chi connectivity index (χ4v) is 4.08. The van der Waals surface area contributed by atoms with E-state index in [1.807, 2.05) is 36.5 Å². The molecule has 1 saturated heterocycles. The molecule has 4 rings (SSSR count). The van der Waals surface area contributed by atoms with Crippen molar-refractivity contribution in [2.45, 2.75) is 13.0 Å². The molecule has 1 aliphatic heterocycles. The van der Waals surface area contributed by atoms with Gasteiger partial charge in [-0.25, -0.2) is 0 Å². The molecule has 3 aromatic rings. The van der Waals surface area contributed by atoms with E-state index in [4.69, 9.17) is 9.47 Å². The molecule has 0 bridgehead atoms. The molecule has 2 aromatic carbocycles. The second-order valence-corrected chi connectivity index (χ2v) is 7.51. The fraction of sp³-hybridized carbons (Fsp3) is 0.348. The summed E-state index contributed by atoms with van der Waals surface area (Å²) in [6.07, 6.45) is 1.81. The number of ketones is 1. The Hall–Kier alpha value is -2.99. The molecule has 0 aliphatic carbocycles. The molecule has 0 spiro atoms. The number of Topliss-reactive ketones (excluding diaryl/α,β-unsaturated/α-hetero) is 1. The first-order valence-corrected chi connectivity index (χ1v) is 9.90. The largest absolute Gasteiger partial charge is 0.497 e. The number of methoxy groups -OCH3 is 2. The number of hydrogen-bond acceptors (Lipinski definition) is 5. The summed E-state index contributed by atoms with van der Waals surface area (Å²) in [7, 11) is 3.32. The first-order chi connectivity index (χ1) is 14.1. The highest BCUT2D eigenvalue weighted by molar-refractivity contribution is 6.09. The number of piperazine rings is 1. The highest BCUT2D eigenvalue weighted by atomic mass is 16.5. The number of hydrogen-bond donors (Lipinski definition) is 1. The normalized spacial score (nSPS) is 17.5. The van der Waals surface area contributed by atoms with E-state index in [1.54, 1.807) is 14.2 Å². The third-order valence-electron chi connectivity index (χ3n) is 5.67.